The van der Waals surface area contributed by atoms with E-state index in [-0.39, 0.29) is 16.5 Å². The fourth-order valence-corrected chi connectivity index (χ4v) is 2.78. The van der Waals surface area contributed by atoms with E-state index in [0.717, 1.165) is 17.1 Å². The van der Waals surface area contributed by atoms with Crippen LogP contribution in [0.4, 0.5) is 10.3 Å². The number of para-hydroxylation sites is 2. The van der Waals surface area contributed by atoms with Gasteiger partial charge in [0.15, 0.2) is 0 Å². The fourth-order valence-electron chi connectivity index (χ4n) is 2.60. The number of halogens is 2. The van der Waals surface area contributed by atoms with Crippen molar-refractivity contribution in [1.29, 1.82) is 0 Å². The number of imidazole rings is 1. The third-order valence-electron chi connectivity index (χ3n) is 4.05. The van der Waals surface area contributed by atoms with Crippen LogP contribution in [0.2, 0.25) is 5.02 Å². The van der Waals surface area contributed by atoms with Gasteiger partial charge in [-0.25, -0.2) is 9.37 Å². The van der Waals surface area contributed by atoms with Crippen LogP contribution in [0.3, 0.4) is 0 Å². The molecule has 0 saturated heterocycles. The van der Waals surface area contributed by atoms with Crippen LogP contribution >= 0.6 is 11.6 Å². The lowest BCUT2D eigenvalue weighted by molar-refractivity contribution is -0.118. The first-order chi connectivity index (χ1) is 12.8. The summed E-state index contributed by atoms with van der Waals surface area (Å²) in [4.78, 5) is 32.4. The van der Waals surface area contributed by atoms with E-state index in [2.05, 4.69) is 20.6 Å². The predicted octanol–water partition coefficient (Wildman–Crippen LogP) is 3.75. The molecule has 2 aromatic carbocycles. The molecular weight excluding hydrogens is 371 g/mol. The quantitative estimate of drug-likeness (QED) is 0.622. The van der Waals surface area contributed by atoms with Gasteiger partial charge in [-0.2, -0.15) is 0 Å². The number of carbonyl (C=O) groups excluding carboxylic acids is 2. The molecule has 0 fully saturated rings. The smallest absolute Gasteiger partial charge is 0.251 e. The maximum atomic E-state index is 13.3. The molecule has 0 radical (unpaired) electrons. The summed E-state index contributed by atoms with van der Waals surface area (Å²) >= 11 is 5.72. The van der Waals surface area contributed by atoms with Crippen molar-refractivity contribution in [3.8, 4) is 0 Å². The maximum Gasteiger partial charge on any atom is 0.251 e. The number of nitrogens with zero attached hydrogens (tertiary/aromatic N) is 1. The van der Waals surface area contributed by atoms with Crippen molar-refractivity contribution in [2.75, 3.05) is 5.32 Å². The van der Waals surface area contributed by atoms with Gasteiger partial charge in [0.25, 0.3) is 5.91 Å². The van der Waals surface area contributed by atoms with Crippen LogP contribution in [0.25, 0.3) is 11.0 Å². The molecule has 0 bridgehead atoms. The van der Waals surface area contributed by atoms with E-state index in [0.29, 0.717) is 5.95 Å². The number of benzene rings is 2. The van der Waals surface area contributed by atoms with Crippen molar-refractivity contribution < 1.29 is 14.0 Å². The molecule has 3 rings (SSSR count). The summed E-state index contributed by atoms with van der Waals surface area (Å²) in [5, 5.41) is 5.19. The summed E-state index contributed by atoms with van der Waals surface area (Å²) in [6.45, 7) is 3.61. The monoisotopic (exact) mass is 388 g/mol. The Hall–Kier alpha value is -2.93. The second kappa shape index (κ2) is 7.75. The lowest BCUT2D eigenvalue weighted by Crippen LogP contribution is -2.47. The Balaban J connectivity index is 1.74. The molecule has 1 heterocycles. The van der Waals surface area contributed by atoms with Crippen LogP contribution in [0.15, 0.2) is 42.5 Å². The molecule has 3 aromatic rings. The highest BCUT2D eigenvalue weighted by atomic mass is 35.5. The van der Waals surface area contributed by atoms with E-state index in [1.165, 1.54) is 12.1 Å². The minimum absolute atomic E-state index is 0.157. The van der Waals surface area contributed by atoms with E-state index < -0.39 is 23.7 Å². The maximum absolute atomic E-state index is 13.3. The number of carbonyl (C=O) groups is 2. The average molecular weight is 389 g/mol. The second-order valence-corrected chi connectivity index (χ2v) is 6.82. The minimum atomic E-state index is -0.811. The second-order valence-electron chi connectivity index (χ2n) is 6.42. The normalized spacial score (nSPS) is 12.2. The van der Waals surface area contributed by atoms with Crippen LogP contribution in [0.5, 0.6) is 0 Å². The van der Waals surface area contributed by atoms with Crippen LogP contribution < -0.4 is 10.6 Å². The number of hydrogen-bond acceptors (Lipinski definition) is 3. The van der Waals surface area contributed by atoms with Crippen LogP contribution in [0.1, 0.15) is 24.2 Å². The molecule has 140 valence electrons. The van der Waals surface area contributed by atoms with Gasteiger partial charge in [0, 0.05) is 5.56 Å². The summed E-state index contributed by atoms with van der Waals surface area (Å²) in [5.41, 5.74) is 1.68. The molecule has 0 unspecified atom stereocenters. The zero-order valence-electron chi connectivity index (χ0n) is 14.7. The molecule has 3 N–H and O–H groups in total. The first kappa shape index (κ1) is 18.8. The summed E-state index contributed by atoms with van der Waals surface area (Å²) in [7, 11) is 0. The van der Waals surface area contributed by atoms with E-state index in [1.54, 1.807) is 13.8 Å². The Morgan fingerprint density at radius 3 is 2.59 bits per heavy atom. The first-order valence-electron chi connectivity index (χ1n) is 8.36. The SMILES string of the molecule is CC(C)[C@@H](NC(=O)c1ccc(F)c(Cl)c1)C(=O)Nc1nc2ccccc2[nH]1. The largest absolute Gasteiger partial charge is 0.340 e. The third-order valence-corrected chi connectivity index (χ3v) is 4.34. The number of aromatic amines is 1. The lowest BCUT2D eigenvalue weighted by Gasteiger charge is -2.21. The molecule has 27 heavy (non-hydrogen) atoms. The average Bonchev–Trinajstić information content (AvgIpc) is 3.03. The summed E-state index contributed by atoms with van der Waals surface area (Å²) in [6, 6.07) is 10.2. The van der Waals surface area contributed by atoms with Gasteiger partial charge in [-0.3, -0.25) is 14.9 Å². The zero-order valence-corrected chi connectivity index (χ0v) is 15.5. The van der Waals surface area contributed by atoms with Crippen LogP contribution in [-0.2, 0) is 4.79 Å². The molecule has 8 heteroatoms. The van der Waals surface area contributed by atoms with Crippen LogP contribution in [-0.4, -0.2) is 27.8 Å². The Bertz CT molecular complexity index is 969. The topological polar surface area (TPSA) is 86.9 Å². The number of nitrogens with one attached hydrogen (secondary N) is 3. The van der Waals surface area contributed by atoms with Gasteiger partial charge in [-0.05, 0) is 36.2 Å². The zero-order chi connectivity index (χ0) is 19.6. The standard InChI is InChI=1S/C19H18ClFN4O2/c1-10(2)16(24-17(26)11-7-8-13(21)12(20)9-11)18(27)25-19-22-14-5-3-4-6-15(14)23-19/h3-10,16H,1-2H3,(H,24,26)(H2,22,23,25,27)/t16-/m1/s1. The molecule has 1 atom stereocenters. The molecular formula is C19H18ClFN4O2. The number of amides is 2. The highest BCUT2D eigenvalue weighted by Crippen LogP contribution is 2.17. The van der Waals surface area contributed by atoms with Crippen molar-refractivity contribution in [2.45, 2.75) is 19.9 Å². The lowest BCUT2D eigenvalue weighted by atomic mass is 10.0. The van der Waals surface area contributed by atoms with Crippen LogP contribution in [0, 0.1) is 11.7 Å². The summed E-state index contributed by atoms with van der Waals surface area (Å²) < 4.78 is 13.3. The molecule has 0 spiro atoms. The number of hydrogen-bond donors (Lipinski definition) is 3. The summed E-state index contributed by atoms with van der Waals surface area (Å²) in [5.74, 6) is -1.43. The van der Waals surface area contributed by atoms with Gasteiger partial charge in [0.05, 0.1) is 16.1 Å². The fraction of sp³-hybridized carbons (Fsp3) is 0.211. The molecule has 1 aromatic heterocycles. The van der Waals surface area contributed by atoms with Crippen molar-refractivity contribution in [3.05, 3.63) is 58.9 Å². The predicted molar refractivity (Wildman–Crippen MR) is 102 cm³/mol. The van der Waals surface area contributed by atoms with Gasteiger partial charge >= 0.3 is 0 Å². The molecule has 0 aliphatic carbocycles. The van der Waals surface area contributed by atoms with Crippen molar-refractivity contribution >= 4 is 40.4 Å². The van der Waals surface area contributed by atoms with Gasteiger partial charge in [-0.1, -0.05) is 37.6 Å². The highest BCUT2D eigenvalue weighted by Gasteiger charge is 2.25. The highest BCUT2D eigenvalue weighted by molar-refractivity contribution is 6.31. The first-order valence-corrected chi connectivity index (χ1v) is 8.74. The van der Waals surface area contributed by atoms with E-state index in [4.69, 9.17) is 11.6 Å². The Labute approximate surface area is 160 Å². The number of aromatic nitrogens is 2. The number of H-pyrrole nitrogens is 1. The minimum Gasteiger partial charge on any atom is -0.340 e. The van der Waals surface area contributed by atoms with E-state index in [1.807, 2.05) is 24.3 Å². The molecule has 6 nitrogen and oxygen atoms in total. The van der Waals surface area contributed by atoms with Crippen molar-refractivity contribution in [2.24, 2.45) is 5.92 Å². The molecule has 2 amide bonds. The number of rotatable bonds is 5. The number of anilines is 1. The Kier molecular flexibility index (Phi) is 5.41. The third kappa shape index (κ3) is 4.25. The summed E-state index contributed by atoms with van der Waals surface area (Å²) in [6.07, 6.45) is 0. The molecule has 0 aliphatic rings. The van der Waals surface area contributed by atoms with Crippen molar-refractivity contribution in [1.82, 2.24) is 15.3 Å². The Morgan fingerprint density at radius 1 is 1.19 bits per heavy atom. The van der Waals surface area contributed by atoms with Gasteiger partial charge in [0.1, 0.15) is 11.9 Å². The van der Waals surface area contributed by atoms with Gasteiger partial charge < -0.3 is 10.3 Å². The van der Waals surface area contributed by atoms with Gasteiger partial charge in [0.2, 0.25) is 11.9 Å². The molecule has 0 saturated carbocycles. The number of fused-ring (bicyclic) bond motifs is 1. The Morgan fingerprint density at radius 2 is 1.93 bits per heavy atom. The van der Waals surface area contributed by atoms with E-state index >= 15 is 0 Å². The van der Waals surface area contributed by atoms with E-state index in [9.17, 15) is 14.0 Å². The van der Waals surface area contributed by atoms with Crippen molar-refractivity contribution in [3.63, 3.8) is 0 Å². The molecule has 0 aliphatic heterocycles. The van der Waals surface area contributed by atoms with Gasteiger partial charge in [-0.15, -0.1) is 0 Å².